The van der Waals surface area contributed by atoms with Crippen molar-refractivity contribution in [3.8, 4) is 0 Å². The molecule has 7 heteroatoms. The number of nitrogens with one attached hydrogen (secondary N) is 1. The predicted molar refractivity (Wildman–Crippen MR) is 69.6 cm³/mol. The van der Waals surface area contributed by atoms with Crippen LogP contribution in [0.1, 0.15) is 10.4 Å². The van der Waals surface area contributed by atoms with Crippen LogP contribution in [0.4, 0.5) is 5.95 Å². The highest BCUT2D eigenvalue weighted by molar-refractivity contribution is 9.11. The Hall–Kier alpha value is -1.34. The molecule has 1 aromatic carbocycles. The molecule has 0 atom stereocenters. The van der Waals surface area contributed by atoms with Gasteiger partial charge in [0.2, 0.25) is 5.95 Å². The van der Waals surface area contributed by atoms with Crippen molar-refractivity contribution in [2.24, 2.45) is 0 Å². The molecule has 0 saturated carbocycles. The number of carbonyl (C=O) groups excluding carboxylic acids is 1. The molecule has 86 valence electrons. The highest BCUT2D eigenvalue weighted by Crippen LogP contribution is 2.20. The van der Waals surface area contributed by atoms with Gasteiger partial charge in [0.1, 0.15) is 0 Å². The van der Waals surface area contributed by atoms with Crippen LogP contribution in [0.3, 0.4) is 0 Å². The molecule has 2 aromatic rings. The number of nitrogens with zero attached hydrogens (tertiary/aromatic N) is 3. The van der Waals surface area contributed by atoms with Crippen LogP contribution < -0.4 is 5.32 Å². The Labute approximate surface area is 114 Å². The van der Waals surface area contributed by atoms with Gasteiger partial charge >= 0.3 is 0 Å². The summed E-state index contributed by atoms with van der Waals surface area (Å²) in [5.41, 5.74) is 0.499. The van der Waals surface area contributed by atoms with Crippen LogP contribution in [0.5, 0.6) is 0 Å². The zero-order chi connectivity index (χ0) is 12.3. The fraction of sp³-hybridized carbons (Fsp3) is 0. The summed E-state index contributed by atoms with van der Waals surface area (Å²) in [6, 6.07) is 5.25. The van der Waals surface area contributed by atoms with Gasteiger partial charge in [0.15, 0.2) is 0 Å². The smallest absolute Gasteiger partial charge is 0.258 e. The van der Waals surface area contributed by atoms with E-state index in [9.17, 15) is 4.79 Å². The third-order valence-electron chi connectivity index (χ3n) is 1.83. The summed E-state index contributed by atoms with van der Waals surface area (Å²) in [7, 11) is 0. The molecule has 0 fully saturated rings. The van der Waals surface area contributed by atoms with Gasteiger partial charge in [-0.25, -0.2) is 4.98 Å². The number of carbonyl (C=O) groups is 1. The number of rotatable bonds is 2. The Morgan fingerprint density at radius 1 is 1.12 bits per heavy atom. The third kappa shape index (κ3) is 3.31. The lowest BCUT2D eigenvalue weighted by Gasteiger charge is -2.03. The van der Waals surface area contributed by atoms with Gasteiger partial charge in [0.05, 0.1) is 12.4 Å². The van der Waals surface area contributed by atoms with Gasteiger partial charge in [0, 0.05) is 14.5 Å². The summed E-state index contributed by atoms with van der Waals surface area (Å²) >= 11 is 6.63. The van der Waals surface area contributed by atoms with Crippen LogP contribution in [0.25, 0.3) is 0 Å². The maximum atomic E-state index is 11.9. The number of hydrogen-bond acceptors (Lipinski definition) is 4. The van der Waals surface area contributed by atoms with Gasteiger partial charge in [0.25, 0.3) is 5.91 Å². The van der Waals surface area contributed by atoms with Crippen molar-refractivity contribution in [2.45, 2.75) is 0 Å². The molecule has 0 aliphatic rings. The van der Waals surface area contributed by atoms with E-state index in [0.29, 0.717) is 5.56 Å². The fourth-order valence-electron chi connectivity index (χ4n) is 1.16. The maximum Gasteiger partial charge on any atom is 0.258 e. The van der Waals surface area contributed by atoms with Crippen molar-refractivity contribution in [1.82, 2.24) is 15.2 Å². The maximum absolute atomic E-state index is 11.9. The fourth-order valence-corrected chi connectivity index (χ4v) is 2.46. The van der Waals surface area contributed by atoms with Crippen molar-refractivity contribution in [2.75, 3.05) is 5.32 Å². The molecule has 0 aliphatic heterocycles. The van der Waals surface area contributed by atoms with E-state index in [-0.39, 0.29) is 11.9 Å². The van der Waals surface area contributed by atoms with Crippen LogP contribution in [-0.2, 0) is 0 Å². The van der Waals surface area contributed by atoms with E-state index in [1.54, 1.807) is 12.1 Å². The molecule has 1 heterocycles. The zero-order valence-electron chi connectivity index (χ0n) is 8.39. The second-order valence-corrected chi connectivity index (χ2v) is 4.91. The van der Waals surface area contributed by atoms with E-state index in [2.05, 4.69) is 52.4 Å². The average Bonchev–Trinajstić information content (AvgIpc) is 2.29. The second kappa shape index (κ2) is 5.33. The molecule has 1 N–H and O–H groups in total. The molecule has 0 unspecified atom stereocenters. The van der Waals surface area contributed by atoms with Gasteiger partial charge in [-0.1, -0.05) is 31.9 Å². The first-order valence-electron chi connectivity index (χ1n) is 4.56. The normalized spacial score (nSPS) is 10.0. The average molecular weight is 358 g/mol. The highest BCUT2D eigenvalue weighted by Gasteiger charge is 2.09. The Bertz CT molecular complexity index is 527. The summed E-state index contributed by atoms with van der Waals surface area (Å²) in [6.45, 7) is 0. The standard InChI is InChI=1S/C10H6Br2N4O/c11-7-3-6(4-8(12)5-7)9(17)15-10-13-1-2-14-16-10/h1-5H,(H,13,15,16,17). The first-order chi connectivity index (χ1) is 8.15. The van der Waals surface area contributed by atoms with E-state index >= 15 is 0 Å². The highest BCUT2D eigenvalue weighted by atomic mass is 79.9. The van der Waals surface area contributed by atoms with Crippen LogP contribution in [0, 0.1) is 0 Å². The summed E-state index contributed by atoms with van der Waals surface area (Å²) in [6.07, 6.45) is 2.89. The first-order valence-corrected chi connectivity index (χ1v) is 6.15. The Kier molecular flexibility index (Phi) is 3.80. The Morgan fingerprint density at radius 2 is 1.82 bits per heavy atom. The second-order valence-electron chi connectivity index (χ2n) is 3.08. The van der Waals surface area contributed by atoms with Crippen molar-refractivity contribution in [3.05, 3.63) is 45.1 Å². The topological polar surface area (TPSA) is 67.8 Å². The van der Waals surface area contributed by atoms with E-state index in [1.807, 2.05) is 6.07 Å². The largest absolute Gasteiger partial charge is 0.289 e. The van der Waals surface area contributed by atoms with Gasteiger partial charge < -0.3 is 0 Å². The zero-order valence-corrected chi connectivity index (χ0v) is 11.6. The van der Waals surface area contributed by atoms with Gasteiger partial charge in [-0.3, -0.25) is 10.1 Å². The lowest BCUT2D eigenvalue weighted by Crippen LogP contribution is -2.14. The number of halogens is 2. The minimum Gasteiger partial charge on any atom is -0.289 e. The minimum atomic E-state index is -0.292. The number of aromatic nitrogens is 3. The van der Waals surface area contributed by atoms with Crippen molar-refractivity contribution >= 4 is 43.7 Å². The minimum absolute atomic E-state index is 0.175. The molecule has 0 bridgehead atoms. The van der Waals surface area contributed by atoms with Gasteiger partial charge in [-0.05, 0) is 18.2 Å². The summed E-state index contributed by atoms with van der Waals surface area (Å²) in [5, 5.41) is 9.84. The van der Waals surface area contributed by atoms with E-state index in [4.69, 9.17) is 0 Å². The molecule has 0 spiro atoms. The molecule has 1 amide bonds. The van der Waals surface area contributed by atoms with Crippen LogP contribution >= 0.6 is 31.9 Å². The lowest BCUT2D eigenvalue weighted by atomic mass is 10.2. The van der Waals surface area contributed by atoms with E-state index < -0.39 is 0 Å². The number of amides is 1. The number of hydrogen-bond donors (Lipinski definition) is 1. The lowest BCUT2D eigenvalue weighted by molar-refractivity contribution is 0.102. The molecular weight excluding hydrogens is 352 g/mol. The quantitative estimate of drug-likeness (QED) is 0.897. The molecule has 1 aromatic heterocycles. The Balaban J connectivity index is 2.20. The first kappa shape index (κ1) is 12.1. The van der Waals surface area contributed by atoms with E-state index in [1.165, 1.54) is 12.4 Å². The molecule has 0 radical (unpaired) electrons. The van der Waals surface area contributed by atoms with Crippen molar-refractivity contribution < 1.29 is 4.79 Å². The van der Waals surface area contributed by atoms with Gasteiger partial charge in [-0.15, -0.1) is 5.10 Å². The van der Waals surface area contributed by atoms with Crippen molar-refractivity contribution in [1.29, 1.82) is 0 Å². The third-order valence-corrected chi connectivity index (χ3v) is 2.75. The molecule has 0 saturated heterocycles. The summed E-state index contributed by atoms with van der Waals surface area (Å²) in [5.74, 6) is -0.117. The monoisotopic (exact) mass is 356 g/mol. The number of benzene rings is 1. The van der Waals surface area contributed by atoms with Crippen molar-refractivity contribution in [3.63, 3.8) is 0 Å². The summed E-state index contributed by atoms with van der Waals surface area (Å²) < 4.78 is 1.62. The molecular formula is C10H6Br2N4O. The van der Waals surface area contributed by atoms with Crippen LogP contribution in [0.2, 0.25) is 0 Å². The summed E-state index contributed by atoms with van der Waals surface area (Å²) in [4.78, 5) is 15.7. The molecule has 5 nitrogen and oxygen atoms in total. The van der Waals surface area contributed by atoms with Crippen LogP contribution in [0.15, 0.2) is 39.5 Å². The predicted octanol–water partition coefficient (Wildman–Crippen LogP) is 2.65. The van der Waals surface area contributed by atoms with E-state index in [0.717, 1.165) is 8.95 Å². The SMILES string of the molecule is O=C(Nc1nccnn1)c1cc(Br)cc(Br)c1. The molecule has 0 aliphatic carbocycles. The molecule has 17 heavy (non-hydrogen) atoms. The number of anilines is 1. The van der Waals surface area contributed by atoms with Crippen LogP contribution in [-0.4, -0.2) is 21.1 Å². The van der Waals surface area contributed by atoms with Gasteiger partial charge in [-0.2, -0.15) is 5.10 Å². The Morgan fingerprint density at radius 3 is 2.41 bits per heavy atom. The molecule has 2 rings (SSSR count).